The Morgan fingerprint density at radius 2 is 1.87 bits per heavy atom. The Bertz CT molecular complexity index is 279. The van der Waals surface area contributed by atoms with Crippen LogP contribution in [0.25, 0.3) is 0 Å². The van der Waals surface area contributed by atoms with Crippen molar-refractivity contribution in [1.29, 1.82) is 0 Å². The number of aryl methyl sites for hydroxylation is 1. The van der Waals surface area contributed by atoms with Crippen molar-refractivity contribution >= 4 is 0 Å². The van der Waals surface area contributed by atoms with Crippen molar-refractivity contribution in [1.82, 2.24) is 0 Å². The Morgan fingerprint density at radius 3 is 2.27 bits per heavy atom. The van der Waals surface area contributed by atoms with Gasteiger partial charge in [0.2, 0.25) is 0 Å². The molecule has 0 aliphatic heterocycles. The summed E-state index contributed by atoms with van der Waals surface area (Å²) in [4.78, 5) is 0. The van der Waals surface area contributed by atoms with Gasteiger partial charge in [0.25, 0.3) is 0 Å². The number of benzene rings is 1. The average molecular weight is 208 g/mol. The maximum absolute atomic E-state index is 5.21. The van der Waals surface area contributed by atoms with E-state index in [1.54, 1.807) is 7.11 Å². The first-order chi connectivity index (χ1) is 7.19. The summed E-state index contributed by atoms with van der Waals surface area (Å²) in [5, 5.41) is 0. The van der Waals surface area contributed by atoms with Crippen LogP contribution >= 0.6 is 0 Å². The van der Waals surface area contributed by atoms with E-state index in [1.807, 2.05) is 13.8 Å². The van der Waals surface area contributed by atoms with E-state index in [9.17, 15) is 0 Å². The largest absolute Gasteiger partial charge is 0.496 e. The molecule has 0 saturated heterocycles. The molecule has 0 aliphatic carbocycles. The fraction of sp³-hybridized carbons (Fsp3) is 0.571. The minimum absolute atomic E-state index is 0.643. The summed E-state index contributed by atoms with van der Waals surface area (Å²) in [6.07, 6.45) is 1.19. The molecule has 1 nitrogen and oxygen atoms in total. The highest BCUT2D eigenvalue weighted by atomic mass is 16.5. The third-order valence-corrected chi connectivity index (χ3v) is 2.60. The van der Waals surface area contributed by atoms with E-state index in [2.05, 4.69) is 39.0 Å². The van der Waals surface area contributed by atoms with E-state index >= 15 is 0 Å². The zero-order valence-electron chi connectivity index (χ0n) is 10.9. The van der Waals surface area contributed by atoms with E-state index in [1.165, 1.54) is 17.5 Å². The van der Waals surface area contributed by atoms with Gasteiger partial charge in [0, 0.05) is 0 Å². The third kappa shape index (κ3) is 3.94. The highest BCUT2D eigenvalue weighted by Gasteiger charge is 2.04. The van der Waals surface area contributed by atoms with Crippen molar-refractivity contribution in [2.45, 2.75) is 47.0 Å². The van der Waals surface area contributed by atoms with Gasteiger partial charge in [0.1, 0.15) is 5.75 Å². The van der Waals surface area contributed by atoms with Crippen molar-refractivity contribution in [2.75, 3.05) is 7.11 Å². The van der Waals surface area contributed by atoms with Crippen LogP contribution in [0.5, 0.6) is 5.75 Å². The van der Waals surface area contributed by atoms with Crippen LogP contribution in [-0.4, -0.2) is 7.11 Å². The van der Waals surface area contributed by atoms with Crippen LogP contribution in [-0.2, 0) is 0 Å². The third-order valence-electron chi connectivity index (χ3n) is 2.60. The van der Waals surface area contributed by atoms with Gasteiger partial charge in [-0.15, -0.1) is 0 Å². The Kier molecular flexibility index (Phi) is 6.85. The molecule has 0 fully saturated rings. The second-order valence-electron chi connectivity index (χ2n) is 3.54. The van der Waals surface area contributed by atoms with Gasteiger partial charge in [-0.1, -0.05) is 39.8 Å². The predicted octanol–water partition coefficient (Wildman–Crippen LogP) is 4.54. The molecule has 0 amide bonds. The highest BCUT2D eigenvalue weighted by Crippen LogP contribution is 2.24. The first kappa shape index (κ1) is 14.0. The number of hydrogen-bond acceptors (Lipinski definition) is 1. The molecule has 1 aromatic carbocycles. The summed E-state index contributed by atoms with van der Waals surface area (Å²) in [6.45, 7) is 10.6. The van der Waals surface area contributed by atoms with Gasteiger partial charge < -0.3 is 4.74 Å². The molecule has 1 heteroatoms. The second-order valence-corrected chi connectivity index (χ2v) is 3.54. The molecule has 0 aromatic heterocycles. The molecule has 0 aliphatic rings. The van der Waals surface area contributed by atoms with Gasteiger partial charge in [0.15, 0.2) is 0 Å². The fourth-order valence-electron chi connectivity index (χ4n) is 1.44. The molecule has 0 bridgehead atoms. The Hall–Kier alpha value is -0.980. The van der Waals surface area contributed by atoms with Gasteiger partial charge in [-0.2, -0.15) is 0 Å². The molecular weight excluding hydrogens is 184 g/mol. The first-order valence-electron chi connectivity index (χ1n) is 5.83. The second kappa shape index (κ2) is 7.33. The van der Waals surface area contributed by atoms with Crippen LogP contribution in [0.1, 0.15) is 51.2 Å². The first-order valence-corrected chi connectivity index (χ1v) is 5.83. The molecule has 0 heterocycles. The molecule has 1 rings (SSSR count). The fourth-order valence-corrected chi connectivity index (χ4v) is 1.44. The van der Waals surface area contributed by atoms with E-state index in [4.69, 9.17) is 4.74 Å². The summed E-state index contributed by atoms with van der Waals surface area (Å²) < 4.78 is 5.21. The normalized spacial score (nSPS) is 11.3. The molecule has 0 spiro atoms. The van der Waals surface area contributed by atoms with Crippen LogP contribution in [0.15, 0.2) is 18.2 Å². The molecule has 0 N–H and O–H groups in total. The zero-order valence-corrected chi connectivity index (χ0v) is 10.9. The van der Waals surface area contributed by atoms with E-state index < -0.39 is 0 Å². The molecule has 0 saturated carbocycles. The Morgan fingerprint density at radius 1 is 1.27 bits per heavy atom. The van der Waals surface area contributed by atoms with E-state index in [-0.39, 0.29) is 0 Å². The smallest absolute Gasteiger partial charge is 0.121 e. The maximum atomic E-state index is 5.21. The average Bonchev–Trinajstić information content (AvgIpc) is 2.30. The molecule has 1 atom stereocenters. The standard InChI is InChI=1S/C12H18O.C2H6/c1-5-9(2)11-6-7-12(13-4)10(3)8-11;1-2/h6-9H,5H2,1-4H3;1-2H3. The van der Waals surface area contributed by atoms with Crippen molar-refractivity contribution in [3.63, 3.8) is 0 Å². The minimum Gasteiger partial charge on any atom is -0.496 e. The predicted molar refractivity (Wildman–Crippen MR) is 67.8 cm³/mol. The van der Waals surface area contributed by atoms with Crippen LogP contribution in [0.4, 0.5) is 0 Å². The SMILES string of the molecule is CC.CCC(C)c1ccc(OC)c(C)c1. The molecule has 1 unspecified atom stereocenters. The van der Waals surface area contributed by atoms with Gasteiger partial charge >= 0.3 is 0 Å². The van der Waals surface area contributed by atoms with Crippen molar-refractivity contribution in [2.24, 2.45) is 0 Å². The lowest BCUT2D eigenvalue weighted by molar-refractivity contribution is 0.411. The quantitative estimate of drug-likeness (QED) is 0.708. The molecular formula is C14H24O. The van der Waals surface area contributed by atoms with Crippen LogP contribution in [0.3, 0.4) is 0 Å². The van der Waals surface area contributed by atoms with Crippen molar-refractivity contribution < 1.29 is 4.74 Å². The van der Waals surface area contributed by atoms with Crippen LogP contribution in [0.2, 0.25) is 0 Å². The monoisotopic (exact) mass is 208 g/mol. The van der Waals surface area contributed by atoms with Crippen molar-refractivity contribution in [3.8, 4) is 5.75 Å². The number of methoxy groups -OCH3 is 1. The summed E-state index contributed by atoms with van der Waals surface area (Å²) in [7, 11) is 1.71. The topological polar surface area (TPSA) is 9.23 Å². The lowest BCUT2D eigenvalue weighted by Gasteiger charge is -2.11. The minimum atomic E-state index is 0.643. The molecule has 0 radical (unpaired) electrons. The molecule has 86 valence electrons. The Balaban J connectivity index is 0.000000921. The molecule has 1 aromatic rings. The summed E-state index contributed by atoms with van der Waals surface area (Å²) in [6, 6.07) is 6.42. The van der Waals surface area contributed by atoms with E-state index in [0.29, 0.717) is 5.92 Å². The zero-order chi connectivity index (χ0) is 11.8. The maximum Gasteiger partial charge on any atom is 0.121 e. The summed E-state index contributed by atoms with van der Waals surface area (Å²) >= 11 is 0. The summed E-state index contributed by atoms with van der Waals surface area (Å²) in [5.41, 5.74) is 2.63. The van der Waals surface area contributed by atoms with Gasteiger partial charge in [-0.05, 0) is 36.5 Å². The number of rotatable bonds is 3. The van der Waals surface area contributed by atoms with Gasteiger partial charge in [0.05, 0.1) is 7.11 Å². The lowest BCUT2D eigenvalue weighted by atomic mass is 9.97. The molecule has 15 heavy (non-hydrogen) atoms. The van der Waals surface area contributed by atoms with Crippen molar-refractivity contribution in [3.05, 3.63) is 29.3 Å². The Labute approximate surface area is 94.5 Å². The number of hydrogen-bond donors (Lipinski definition) is 0. The number of ether oxygens (including phenoxy) is 1. The van der Waals surface area contributed by atoms with Crippen LogP contribution in [0, 0.1) is 6.92 Å². The lowest BCUT2D eigenvalue weighted by Crippen LogP contribution is -1.93. The van der Waals surface area contributed by atoms with Crippen LogP contribution < -0.4 is 4.74 Å². The highest BCUT2D eigenvalue weighted by molar-refractivity contribution is 5.37. The van der Waals surface area contributed by atoms with Gasteiger partial charge in [-0.3, -0.25) is 0 Å². The van der Waals surface area contributed by atoms with Gasteiger partial charge in [-0.25, -0.2) is 0 Å². The van der Waals surface area contributed by atoms with E-state index in [0.717, 1.165) is 5.75 Å². The summed E-state index contributed by atoms with van der Waals surface area (Å²) in [5.74, 6) is 1.62.